The first kappa shape index (κ1) is 12.9. The first-order valence-electron chi connectivity index (χ1n) is 6.34. The van der Waals surface area contributed by atoms with Gasteiger partial charge in [-0.25, -0.2) is 0 Å². The van der Waals surface area contributed by atoms with Gasteiger partial charge in [-0.05, 0) is 46.9 Å². The molecule has 0 unspecified atom stereocenters. The van der Waals surface area contributed by atoms with Crippen LogP contribution in [0.2, 0.25) is 0 Å². The minimum Gasteiger partial charge on any atom is -0.292 e. The summed E-state index contributed by atoms with van der Waals surface area (Å²) >= 11 is 0. The van der Waals surface area contributed by atoms with E-state index in [0.29, 0.717) is 0 Å². The van der Waals surface area contributed by atoms with Crippen LogP contribution in [0.1, 0.15) is 16.7 Å². The minimum absolute atomic E-state index is 0.624. The van der Waals surface area contributed by atoms with E-state index in [1.165, 1.54) is 17.7 Å². The molecule has 0 saturated heterocycles. The number of benzene rings is 2. The van der Waals surface area contributed by atoms with E-state index in [4.69, 9.17) is 0 Å². The summed E-state index contributed by atoms with van der Waals surface area (Å²) in [6, 6.07) is 11.2. The predicted molar refractivity (Wildman–Crippen MR) is 73.0 cm³/mol. The Morgan fingerprint density at radius 1 is 0.900 bits per heavy atom. The van der Waals surface area contributed by atoms with Crippen molar-refractivity contribution in [2.24, 2.45) is 4.99 Å². The van der Waals surface area contributed by atoms with Gasteiger partial charge < -0.3 is 0 Å². The van der Waals surface area contributed by atoms with Gasteiger partial charge in [-0.15, -0.1) is 0 Å². The molecule has 1 aliphatic rings. The molecule has 1 nitrogen and oxygen atoms in total. The van der Waals surface area contributed by atoms with E-state index in [-0.39, 0.29) is 0 Å². The van der Waals surface area contributed by atoms with Crippen molar-refractivity contribution in [1.29, 1.82) is 0 Å². The average molecular weight is 275 g/mol. The summed E-state index contributed by atoms with van der Waals surface area (Å²) in [5, 5.41) is 0. The van der Waals surface area contributed by atoms with Crippen molar-refractivity contribution >= 4 is 6.21 Å². The molecule has 0 radical (unpaired) electrons. The van der Waals surface area contributed by atoms with E-state index in [2.05, 4.69) is 4.99 Å². The minimum atomic E-state index is -4.29. The van der Waals surface area contributed by atoms with Gasteiger partial charge in [0, 0.05) is 12.8 Å². The number of halogens is 3. The highest BCUT2D eigenvalue weighted by molar-refractivity contribution is 5.85. The Morgan fingerprint density at radius 2 is 1.60 bits per heavy atom. The molecule has 1 heterocycles. The molecule has 0 spiro atoms. The summed E-state index contributed by atoms with van der Waals surface area (Å²) in [5.41, 5.74) is 3.34. The summed E-state index contributed by atoms with van der Waals surface area (Å²) in [4.78, 5) is 4.23. The number of nitrogens with zero attached hydrogens (tertiary/aromatic N) is 1. The quantitative estimate of drug-likeness (QED) is 0.733. The summed E-state index contributed by atoms with van der Waals surface area (Å²) in [7, 11) is 0. The third-order valence-electron chi connectivity index (χ3n) is 3.43. The highest BCUT2D eigenvalue weighted by Gasteiger charge is 2.29. The van der Waals surface area contributed by atoms with Gasteiger partial charge in [-0.1, -0.05) is 24.3 Å². The van der Waals surface area contributed by atoms with Gasteiger partial charge in [-0.2, -0.15) is 13.2 Å². The van der Waals surface area contributed by atoms with E-state index in [1.54, 1.807) is 0 Å². The molecule has 2 aromatic carbocycles. The zero-order chi connectivity index (χ0) is 14.2. The number of aliphatic imine (C=N–C) groups is 1. The second-order valence-electron chi connectivity index (χ2n) is 4.77. The normalized spacial score (nSPS) is 14.2. The van der Waals surface area contributed by atoms with Crippen LogP contribution in [-0.4, -0.2) is 12.8 Å². The van der Waals surface area contributed by atoms with Crippen molar-refractivity contribution in [3.63, 3.8) is 0 Å². The maximum absolute atomic E-state index is 12.5. The molecule has 1 aliphatic heterocycles. The molecule has 4 heteroatoms. The lowest BCUT2D eigenvalue weighted by Crippen LogP contribution is -2.04. The van der Waals surface area contributed by atoms with Crippen LogP contribution in [0.25, 0.3) is 11.1 Å². The monoisotopic (exact) mass is 275 g/mol. The Bertz CT molecular complexity index is 654. The van der Waals surface area contributed by atoms with Crippen LogP contribution < -0.4 is 0 Å². The fraction of sp³-hybridized carbons (Fsp3) is 0.188. The third kappa shape index (κ3) is 2.46. The zero-order valence-corrected chi connectivity index (χ0v) is 10.6. The van der Waals surface area contributed by atoms with Crippen LogP contribution >= 0.6 is 0 Å². The lowest BCUT2D eigenvalue weighted by molar-refractivity contribution is -0.137. The van der Waals surface area contributed by atoms with Crippen LogP contribution in [-0.2, 0) is 12.6 Å². The smallest absolute Gasteiger partial charge is 0.292 e. The first-order chi connectivity index (χ1) is 9.54. The van der Waals surface area contributed by atoms with E-state index in [1.807, 2.05) is 24.4 Å². The summed E-state index contributed by atoms with van der Waals surface area (Å²) < 4.78 is 37.6. The molecule has 20 heavy (non-hydrogen) atoms. The predicted octanol–water partition coefficient (Wildman–Crippen LogP) is 4.35. The van der Waals surface area contributed by atoms with Gasteiger partial charge in [0.15, 0.2) is 0 Å². The number of hydrogen-bond acceptors (Lipinski definition) is 1. The Labute approximate surface area is 114 Å². The molecule has 102 valence electrons. The molecule has 0 N–H and O–H groups in total. The van der Waals surface area contributed by atoms with Gasteiger partial charge in [0.25, 0.3) is 0 Å². The molecule has 0 aliphatic carbocycles. The fourth-order valence-electron chi connectivity index (χ4n) is 2.32. The number of hydrogen-bond donors (Lipinski definition) is 0. The Morgan fingerprint density at radius 3 is 2.30 bits per heavy atom. The number of alkyl halides is 3. The van der Waals surface area contributed by atoms with Crippen molar-refractivity contribution in [2.45, 2.75) is 12.6 Å². The topological polar surface area (TPSA) is 12.4 Å². The molecule has 0 fully saturated rings. The Hall–Kier alpha value is -2.10. The number of rotatable bonds is 1. The van der Waals surface area contributed by atoms with Crippen molar-refractivity contribution in [1.82, 2.24) is 0 Å². The highest BCUT2D eigenvalue weighted by Crippen LogP contribution is 2.31. The molecular weight excluding hydrogens is 263 g/mol. The van der Waals surface area contributed by atoms with Crippen molar-refractivity contribution < 1.29 is 13.2 Å². The largest absolute Gasteiger partial charge is 0.416 e. The molecule has 0 saturated carbocycles. The standard InChI is InChI=1S/C16H12F3N/c17-16(18,19)15-5-3-11(4-6-15)13-2-1-12-7-8-20-10-14(12)9-13/h1-6,9-10H,7-8H2. The van der Waals surface area contributed by atoms with E-state index < -0.39 is 11.7 Å². The molecule has 0 aromatic heterocycles. The van der Waals surface area contributed by atoms with Crippen LogP contribution in [0.3, 0.4) is 0 Å². The van der Waals surface area contributed by atoms with Crippen LogP contribution in [0.15, 0.2) is 47.5 Å². The highest BCUT2D eigenvalue weighted by atomic mass is 19.4. The maximum Gasteiger partial charge on any atom is 0.416 e. The van der Waals surface area contributed by atoms with Crippen LogP contribution in [0, 0.1) is 0 Å². The Balaban J connectivity index is 1.96. The summed E-state index contributed by atoms with van der Waals surface area (Å²) in [5.74, 6) is 0. The lowest BCUT2D eigenvalue weighted by Gasteiger charge is -2.12. The maximum atomic E-state index is 12.5. The second-order valence-corrected chi connectivity index (χ2v) is 4.77. The molecule has 0 bridgehead atoms. The van der Waals surface area contributed by atoms with E-state index in [9.17, 15) is 13.2 Å². The number of fused-ring (bicyclic) bond motifs is 1. The SMILES string of the molecule is FC(F)(F)c1ccc(-c2ccc3c(c2)C=NCC3)cc1. The molecule has 0 atom stereocenters. The van der Waals surface area contributed by atoms with Gasteiger partial charge >= 0.3 is 6.18 Å². The van der Waals surface area contributed by atoms with E-state index >= 15 is 0 Å². The summed E-state index contributed by atoms with van der Waals surface area (Å²) in [6.45, 7) is 0.798. The summed E-state index contributed by atoms with van der Waals surface area (Å²) in [6.07, 6.45) is -1.55. The Kier molecular flexibility index (Phi) is 3.08. The third-order valence-corrected chi connectivity index (χ3v) is 3.43. The van der Waals surface area contributed by atoms with Gasteiger partial charge in [-0.3, -0.25) is 4.99 Å². The molecule has 0 amide bonds. The van der Waals surface area contributed by atoms with Crippen molar-refractivity contribution in [3.8, 4) is 11.1 Å². The van der Waals surface area contributed by atoms with Crippen LogP contribution in [0.5, 0.6) is 0 Å². The molecular formula is C16H12F3N. The fourth-order valence-corrected chi connectivity index (χ4v) is 2.32. The van der Waals surface area contributed by atoms with Crippen molar-refractivity contribution in [3.05, 3.63) is 59.2 Å². The van der Waals surface area contributed by atoms with Gasteiger partial charge in [0.2, 0.25) is 0 Å². The molecule has 2 aromatic rings. The van der Waals surface area contributed by atoms with Crippen molar-refractivity contribution in [2.75, 3.05) is 6.54 Å². The van der Waals surface area contributed by atoms with Crippen LogP contribution in [0.4, 0.5) is 13.2 Å². The average Bonchev–Trinajstić information content (AvgIpc) is 2.46. The lowest BCUT2D eigenvalue weighted by atomic mass is 9.96. The van der Waals surface area contributed by atoms with E-state index in [0.717, 1.165) is 41.8 Å². The first-order valence-corrected chi connectivity index (χ1v) is 6.34. The zero-order valence-electron chi connectivity index (χ0n) is 10.6. The molecule has 3 rings (SSSR count). The van der Waals surface area contributed by atoms with Gasteiger partial charge in [0.05, 0.1) is 5.56 Å². The van der Waals surface area contributed by atoms with Gasteiger partial charge in [0.1, 0.15) is 0 Å². The second kappa shape index (κ2) is 4.78.